The summed E-state index contributed by atoms with van der Waals surface area (Å²) >= 11 is 0. The van der Waals surface area contributed by atoms with Crippen LogP contribution in [0.4, 0.5) is 0 Å². The molecule has 0 saturated carbocycles. The van der Waals surface area contributed by atoms with Gasteiger partial charge in [0.25, 0.3) is 0 Å². The highest BCUT2D eigenvalue weighted by Crippen LogP contribution is 2.37. The number of allylic oxidation sites excluding steroid dienone is 3. The fourth-order valence-electron chi connectivity index (χ4n) is 3.80. The topological polar surface area (TPSA) is 68.2 Å². The molecule has 2 aromatic carbocycles. The van der Waals surface area contributed by atoms with Gasteiger partial charge in [-0.2, -0.15) is 0 Å². The van der Waals surface area contributed by atoms with E-state index >= 15 is 0 Å². The van der Waals surface area contributed by atoms with Gasteiger partial charge in [0, 0.05) is 36.9 Å². The SMILES string of the molecule is COC1=C(OC(=O)c2ccccc2C)C=C(N(C)C2=CC(O)Oc3ccccc32)CC1. The highest BCUT2D eigenvalue weighted by atomic mass is 16.6. The van der Waals surface area contributed by atoms with Gasteiger partial charge in [-0.1, -0.05) is 30.3 Å². The van der Waals surface area contributed by atoms with E-state index in [0.29, 0.717) is 35.7 Å². The van der Waals surface area contributed by atoms with Crippen molar-refractivity contribution in [1.29, 1.82) is 0 Å². The molecule has 1 atom stereocenters. The smallest absolute Gasteiger partial charge is 0.343 e. The lowest BCUT2D eigenvalue weighted by Crippen LogP contribution is -2.26. The number of aliphatic hydroxyl groups excluding tert-OH is 1. The first-order valence-electron chi connectivity index (χ1n) is 10.1. The van der Waals surface area contributed by atoms with Crippen LogP contribution in [0.1, 0.15) is 34.3 Å². The third kappa shape index (κ3) is 4.20. The van der Waals surface area contributed by atoms with Crippen molar-refractivity contribution in [2.24, 2.45) is 0 Å². The molecule has 1 aliphatic carbocycles. The van der Waals surface area contributed by atoms with Gasteiger partial charge in [-0.3, -0.25) is 0 Å². The predicted molar refractivity (Wildman–Crippen MR) is 117 cm³/mol. The molecule has 0 saturated heterocycles. The zero-order chi connectivity index (χ0) is 22.0. The van der Waals surface area contributed by atoms with Crippen LogP contribution in [0.25, 0.3) is 5.70 Å². The number of benzene rings is 2. The van der Waals surface area contributed by atoms with Crippen LogP contribution in [0.5, 0.6) is 5.75 Å². The van der Waals surface area contributed by atoms with Crippen molar-refractivity contribution in [3.05, 3.63) is 94.6 Å². The van der Waals surface area contributed by atoms with Crippen molar-refractivity contribution in [2.75, 3.05) is 14.2 Å². The van der Waals surface area contributed by atoms with Crippen molar-refractivity contribution in [1.82, 2.24) is 4.90 Å². The molecule has 4 rings (SSSR count). The van der Waals surface area contributed by atoms with Gasteiger partial charge in [-0.05, 0) is 37.1 Å². The molecule has 0 fully saturated rings. The molecule has 1 unspecified atom stereocenters. The number of hydrogen-bond donors (Lipinski definition) is 1. The van der Waals surface area contributed by atoms with Crippen LogP contribution < -0.4 is 4.74 Å². The zero-order valence-electron chi connectivity index (χ0n) is 17.8. The minimum absolute atomic E-state index is 0.394. The quantitative estimate of drug-likeness (QED) is 0.726. The number of ether oxygens (including phenoxy) is 3. The molecule has 160 valence electrons. The van der Waals surface area contributed by atoms with Gasteiger partial charge in [0.15, 0.2) is 5.76 Å². The molecule has 0 amide bonds. The third-order valence-electron chi connectivity index (χ3n) is 5.50. The molecular weight excluding hydrogens is 394 g/mol. The first-order valence-corrected chi connectivity index (χ1v) is 10.1. The highest BCUT2D eigenvalue weighted by molar-refractivity contribution is 5.91. The van der Waals surface area contributed by atoms with Crippen molar-refractivity contribution in [2.45, 2.75) is 26.1 Å². The number of fused-ring (bicyclic) bond motifs is 1. The lowest BCUT2D eigenvalue weighted by Gasteiger charge is -2.32. The summed E-state index contributed by atoms with van der Waals surface area (Å²) in [6.45, 7) is 1.87. The van der Waals surface area contributed by atoms with Gasteiger partial charge in [-0.25, -0.2) is 4.79 Å². The number of methoxy groups -OCH3 is 1. The second kappa shape index (κ2) is 8.70. The van der Waals surface area contributed by atoms with Crippen LogP contribution in [-0.2, 0) is 9.47 Å². The molecule has 1 aliphatic heterocycles. The average molecular weight is 419 g/mol. The van der Waals surface area contributed by atoms with Gasteiger partial charge in [-0.15, -0.1) is 0 Å². The number of nitrogens with zero attached hydrogens (tertiary/aromatic N) is 1. The third-order valence-corrected chi connectivity index (χ3v) is 5.50. The van der Waals surface area contributed by atoms with E-state index in [1.807, 2.05) is 67.4 Å². The first kappa shape index (κ1) is 20.8. The number of aliphatic hydroxyl groups is 1. The highest BCUT2D eigenvalue weighted by Gasteiger charge is 2.26. The Morgan fingerprint density at radius 1 is 1.13 bits per heavy atom. The van der Waals surface area contributed by atoms with Gasteiger partial charge in [0.05, 0.1) is 18.4 Å². The Balaban J connectivity index is 1.63. The van der Waals surface area contributed by atoms with E-state index in [2.05, 4.69) is 0 Å². The molecule has 31 heavy (non-hydrogen) atoms. The number of carbonyl (C=O) groups is 1. The number of aryl methyl sites for hydroxylation is 1. The lowest BCUT2D eigenvalue weighted by molar-refractivity contribution is 0.0215. The van der Waals surface area contributed by atoms with E-state index in [4.69, 9.17) is 14.2 Å². The average Bonchev–Trinajstić information content (AvgIpc) is 2.78. The molecule has 1 N–H and O–H groups in total. The van der Waals surface area contributed by atoms with E-state index in [-0.39, 0.29) is 0 Å². The molecule has 6 heteroatoms. The maximum absolute atomic E-state index is 12.8. The standard InChI is InChI=1S/C25H25NO5/c1-16-8-4-5-9-18(16)25(28)31-23-14-17(12-13-22(23)29-3)26(2)20-15-24(27)30-21-11-7-6-10-19(20)21/h4-11,14-15,24,27H,12-13H2,1-3H3. The van der Waals surface area contributed by atoms with Crippen molar-refractivity contribution < 1.29 is 24.1 Å². The fourth-order valence-corrected chi connectivity index (χ4v) is 3.80. The maximum Gasteiger partial charge on any atom is 0.343 e. The monoisotopic (exact) mass is 419 g/mol. The first-order chi connectivity index (χ1) is 15.0. The van der Waals surface area contributed by atoms with Gasteiger partial charge < -0.3 is 24.2 Å². The minimum Gasteiger partial charge on any atom is -0.497 e. The summed E-state index contributed by atoms with van der Waals surface area (Å²) in [7, 11) is 3.50. The second-order valence-corrected chi connectivity index (χ2v) is 7.45. The summed E-state index contributed by atoms with van der Waals surface area (Å²) in [5, 5.41) is 10.1. The number of hydrogen-bond acceptors (Lipinski definition) is 6. The van der Waals surface area contributed by atoms with Gasteiger partial charge in [0.2, 0.25) is 6.29 Å². The largest absolute Gasteiger partial charge is 0.497 e. The van der Waals surface area contributed by atoms with Crippen molar-refractivity contribution in [3.8, 4) is 5.75 Å². The van der Waals surface area contributed by atoms with E-state index < -0.39 is 12.3 Å². The lowest BCUT2D eigenvalue weighted by atomic mass is 10.0. The molecule has 0 aromatic heterocycles. The summed E-state index contributed by atoms with van der Waals surface area (Å²) in [6, 6.07) is 14.9. The minimum atomic E-state index is -1.03. The van der Waals surface area contributed by atoms with Gasteiger partial charge in [0.1, 0.15) is 11.5 Å². The summed E-state index contributed by atoms with van der Waals surface area (Å²) in [6.07, 6.45) is 3.75. The summed E-state index contributed by atoms with van der Waals surface area (Å²) in [5.41, 5.74) is 4.01. The Morgan fingerprint density at radius 2 is 1.87 bits per heavy atom. The fraction of sp³-hybridized carbons (Fsp3) is 0.240. The van der Waals surface area contributed by atoms with Crippen LogP contribution in [0.3, 0.4) is 0 Å². The van der Waals surface area contributed by atoms with Crippen LogP contribution in [-0.4, -0.2) is 36.4 Å². The van der Waals surface area contributed by atoms with E-state index in [1.165, 1.54) is 0 Å². The van der Waals surface area contributed by atoms with Crippen molar-refractivity contribution in [3.63, 3.8) is 0 Å². The molecule has 0 spiro atoms. The van der Waals surface area contributed by atoms with Gasteiger partial charge >= 0.3 is 5.97 Å². The van der Waals surface area contributed by atoms with Crippen LogP contribution in [0, 0.1) is 6.92 Å². The predicted octanol–water partition coefficient (Wildman–Crippen LogP) is 4.37. The molecule has 1 heterocycles. The maximum atomic E-state index is 12.8. The Kier molecular flexibility index (Phi) is 5.82. The Bertz CT molecular complexity index is 1100. The van der Waals surface area contributed by atoms with Crippen LogP contribution >= 0.6 is 0 Å². The summed E-state index contributed by atoms with van der Waals surface area (Å²) < 4.78 is 16.7. The normalized spacial score (nSPS) is 17.7. The Hall–Kier alpha value is -3.51. The molecule has 0 bridgehead atoms. The summed E-state index contributed by atoms with van der Waals surface area (Å²) in [4.78, 5) is 14.7. The number of rotatable bonds is 5. The van der Waals surface area contributed by atoms with Crippen LogP contribution in [0.2, 0.25) is 0 Å². The van der Waals surface area contributed by atoms with E-state index in [1.54, 1.807) is 19.3 Å². The molecule has 0 radical (unpaired) electrons. The van der Waals surface area contributed by atoms with E-state index in [9.17, 15) is 9.90 Å². The zero-order valence-corrected chi connectivity index (χ0v) is 17.8. The number of para-hydroxylation sites is 1. The molecular formula is C25H25NO5. The van der Waals surface area contributed by atoms with Crippen molar-refractivity contribution >= 4 is 11.7 Å². The second-order valence-electron chi connectivity index (χ2n) is 7.45. The Labute approximate surface area is 181 Å². The van der Waals surface area contributed by atoms with E-state index in [0.717, 1.165) is 22.5 Å². The molecule has 2 aromatic rings. The molecule has 6 nitrogen and oxygen atoms in total. The van der Waals surface area contributed by atoms with Crippen LogP contribution in [0.15, 0.2) is 77.9 Å². The summed E-state index contributed by atoms with van der Waals surface area (Å²) in [5.74, 6) is 1.22. The Morgan fingerprint density at radius 3 is 2.65 bits per heavy atom. The molecule has 2 aliphatic rings. The number of esters is 1. The number of carbonyl (C=O) groups excluding carboxylic acids is 1.